The molecule has 1 amide bonds. The second kappa shape index (κ2) is 6.26. The highest BCUT2D eigenvalue weighted by Crippen LogP contribution is 2.22. The van der Waals surface area contributed by atoms with Crippen LogP contribution in [0.25, 0.3) is 0 Å². The van der Waals surface area contributed by atoms with Gasteiger partial charge < -0.3 is 14.2 Å². The van der Waals surface area contributed by atoms with Crippen LogP contribution in [0.15, 0.2) is 23.6 Å². The molecule has 3 heterocycles. The van der Waals surface area contributed by atoms with Crippen LogP contribution in [-0.2, 0) is 11.3 Å². The molecule has 22 heavy (non-hydrogen) atoms. The standard InChI is InChI=1S/C17H22N2O2S/c1-12-9-16(17(20)18-6-7-21-11-13(18)2)14(3)19(12)10-15-5-4-8-22-15/h4-5,8-9,13H,6-7,10-11H2,1-3H3. The van der Waals surface area contributed by atoms with E-state index in [9.17, 15) is 4.79 Å². The summed E-state index contributed by atoms with van der Waals surface area (Å²) in [6, 6.07) is 6.36. The van der Waals surface area contributed by atoms with Crippen LogP contribution in [0.5, 0.6) is 0 Å². The van der Waals surface area contributed by atoms with Gasteiger partial charge in [0.25, 0.3) is 5.91 Å². The van der Waals surface area contributed by atoms with Crippen molar-refractivity contribution in [2.45, 2.75) is 33.4 Å². The molecule has 4 nitrogen and oxygen atoms in total. The van der Waals surface area contributed by atoms with Crippen molar-refractivity contribution >= 4 is 17.2 Å². The highest BCUT2D eigenvalue weighted by Gasteiger charge is 2.27. The van der Waals surface area contributed by atoms with Gasteiger partial charge in [0.05, 0.1) is 31.4 Å². The van der Waals surface area contributed by atoms with E-state index in [-0.39, 0.29) is 11.9 Å². The Hall–Kier alpha value is -1.59. The van der Waals surface area contributed by atoms with E-state index in [2.05, 4.69) is 29.0 Å². The smallest absolute Gasteiger partial charge is 0.256 e. The third-order valence-electron chi connectivity index (χ3n) is 4.33. The summed E-state index contributed by atoms with van der Waals surface area (Å²) in [6.07, 6.45) is 0. The fourth-order valence-corrected chi connectivity index (χ4v) is 3.70. The van der Waals surface area contributed by atoms with Crippen LogP contribution in [-0.4, -0.2) is 41.2 Å². The average molecular weight is 318 g/mol. The van der Waals surface area contributed by atoms with Gasteiger partial charge in [0, 0.05) is 22.8 Å². The normalized spacial score (nSPS) is 18.7. The Kier molecular flexibility index (Phi) is 4.36. The number of carbonyl (C=O) groups excluding carboxylic acids is 1. The van der Waals surface area contributed by atoms with E-state index in [1.54, 1.807) is 11.3 Å². The molecule has 1 atom stereocenters. The molecule has 2 aromatic heterocycles. The Bertz CT molecular complexity index is 661. The number of nitrogens with zero attached hydrogens (tertiary/aromatic N) is 2. The molecule has 3 rings (SSSR count). The minimum Gasteiger partial charge on any atom is -0.377 e. The predicted octanol–water partition coefficient (Wildman–Crippen LogP) is 3.08. The summed E-state index contributed by atoms with van der Waals surface area (Å²) in [5.41, 5.74) is 3.01. The van der Waals surface area contributed by atoms with Crippen molar-refractivity contribution in [3.8, 4) is 0 Å². The number of hydrogen-bond acceptors (Lipinski definition) is 3. The van der Waals surface area contributed by atoms with Crippen molar-refractivity contribution < 1.29 is 9.53 Å². The van der Waals surface area contributed by atoms with E-state index < -0.39 is 0 Å². The van der Waals surface area contributed by atoms with Crippen molar-refractivity contribution in [2.75, 3.05) is 19.8 Å². The second-order valence-electron chi connectivity index (χ2n) is 5.87. The van der Waals surface area contributed by atoms with Gasteiger partial charge in [0.1, 0.15) is 0 Å². The Labute approximate surface area is 135 Å². The van der Waals surface area contributed by atoms with Crippen LogP contribution in [0.3, 0.4) is 0 Å². The summed E-state index contributed by atoms with van der Waals surface area (Å²) in [4.78, 5) is 16.1. The summed E-state index contributed by atoms with van der Waals surface area (Å²) < 4.78 is 7.66. The summed E-state index contributed by atoms with van der Waals surface area (Å²) in [5.74, 6) is 0.126. The van der Waals surface area contributed by atoms with Crippen molar-refractivity contribution in [3.05, 3.63) is 45.4 Å². The van der Waals surface area contributed by atoms with E-state index in [4.69, 9.17) is 4.74 Å². The molecular formula is C17H22N2O2S. The van der Waals surface area contributed by atoms with E-state index in [0.717, 1.165) is 23.5 Å². The molecule has 0 aliphatic carbocycles. The number of aromatic nitrogens is 1. The fraction of sp³-hybridized carbons (Fsp3) is 0.471. The molecule has 0 bridgehead atoms. The maximum Gasteiger partial charge on any atom is 0.256 e. The molecule has 1 aliphatic heterocycles. The third-order valence-corrected chi connectivity index (χ3v) is 5.19. The molecule has 0 N–H and O–H groups in total. The molecule has 0 aromatic carbocycles. The average Bonchev–Trinajstić information content (AvgIpc) is 3.11. The maximum atomic E-state index is 12.9. The lowest BCUT2D eigenvalue weighted by atomic mass is 10.1. The van der Waals surface area contributed by atoms with Gasteiger partial charge in [-0.25, -0.2) is 0 Å². The topological polar surface area (TPSA) is 34.5 Å². The third kappa shape index (κ3) is 2.83. The Morgan fingerprint density at radius 3 is 2.95 bits per heavy atom. The van der Waals surface area contributed by atoms with E-state index in [1.165, 1.54) is 4.88 Å². The van der Waals surface area contributed by atoms with Gasteiger partial charge in [-0.1, -0.05) is 6.07 Å². The SMILES string of the molecule is Cc1cc(C(=O)N2CCOCC2C)c(C)n1Cc1cccs1. The largest absolute Gasteiger partial charge is 0.377 e. The van der Waals surface area contributed by atoms with E-state index >= 15 is 0 Å². The monoisotopic (exact) mass is 318 g/mol. The van der Waals surface area contributed by atoms with Crippen LogP contribution in [0.1, 0.15) is 33.5 Å². The lowest BCUT2D eigenvalue weighted by Crippen LogP contribution is -2.47. The quantitative estimate of drug-likeness (QED) is 0.871. The molecule has 0 radical (unpaired) electrons. The maximum absolute atomic E-state index is 12.9. The summed E-state index contributed by atoms with van der Waals surface area (Å²) >= 11 is 1.75. The first-order chi connectivity index (χ1) is 10.6. The molecular weight excluding hydrogens is 296 g/mol. The van der Waals surface area contributed by atoms with Gasteiger partial charge in [-0.15, -0.1) is 11.3 Å². The van der Waals surface area contributed by atoms with Crippen LogP contribution in [0, 0.1) is 13.8 Å². The number of thiophene rings is 1. The molecule has 1 unspecified atom stereocenters. The molecule has 0 spiro atoms. The van der Waals surface area contributed by atoms with Gasteiger partial charge in [-0.05, 0) is 38.3 Å². The molecule has 2 aromatic rings. The first kappa shape index (κ1) is 15.3. The molecule has 0 saturated carbocycles. The van der Waals surface area contributed by atoms with Gasteiger partial charge in [-0.2, -0.15) is 0 Å². The predicted molar refractivity (Wildman–Crippen MR) is 88.6 cm³/mol. The summed E-state index contributed by atoms with van der Waals surface area (Å²) in [7, 11) is 0. The first-order valence-corrected chi connectivity index (χ1v) is 8.53. The molecule has 5 heteroatoms. The summed E-state index contributed by atoms with van der Waals surface area (Å²) in [6.45, 7) is 8.92. The second-order valence-corrected chi connectivity index (χ2v) is 6.91. The number of aryl methyl sites for hydroxylation is 1. The van der Waals surface area contributed by atoms with E-state index in [1.807, 2.05) is 24.8 Å². The minimum atomic E-state index is 0.126. The van der Waals surface area contributed by atoms with Gasteiger partial charge in [0.2, 0.25) is 0 Å². The fourth-order valence-electron chi connectivity index (χ4n) is 3.00. The van der Waals surface area contributed by atoms with Gasteiger partial charge in [-0.3, -0.25) is 4.79 Å². The van der Waals surface area contributed by atoms with Crippen molar-refractivity contribution in [1.29, 1.82) is 0 Å². The number of ether oxygens (including phenoxy) is 1. The zero-order valence-corrected chi connectivity index (χ0v) is 14.2. The highest BCUT2D eigenvalue weighted by molar-refractivity contribution is 7.09. The van der Waals surface area contributed by atoms with Crippen LogP contribution < -0.4 is 0 Å². The van der Waals surface area contributed by atoms with Crippen molar-refractivity contribution in [1.82, 2.24) is 9.47 Å². The first-order valence-electron chi connectivity index (χ1n) is 7.65. The summed E-state index contributed by atoms with van der Waals surface area (Å²) in [5, 5.41) is 2.09. The zero-order valence-electron chi connectivity index (χ0n) is 13.3. The molecule has 1 saturated heterocycles. The van der Waals surface area contributed by atoms with E-state index in [0.29, 0.717) is 19.8 Å². The lowest BCUT2D eigenvalue weighted by molar-refractivity contribution is 0.00355. The van der Waals surface area contributed by atoms with Gasteiger partial charge in [0.15, 0.2) is 0 Å². The molecule has 118 valence electrons. The number of rotatable bonds is 3. The van der Waals surface area contributed by atoms with Crippen molar-refractivity contribution in [2.24, 2.45) is 0 Å². The highest BCUT2D eigenvalue weighted by atomic mass is 32.1. The van der Waals surface area contributed by atoms with Crippen LogP contribution in [0.4, 0.5) is 0 Å². The van der Waals surface area contributed by atoms with Crippen LogP contribution >= 0.6 is 11.3 Å². The Morgan fingerprint density at radius 2 is 2.27 bits per heavy atom. The van der Waals surface area contributed by atoms with Crippen LogP contribution in [0.2, 0.25) is 0 Å². The number of carbonyl (C=O) groups is 1. The lowest BCUT2D eigenvalue weighted by Gasteiger charge is -2.33. The Morgan fingerprint density at radius 1 is 1.45 bits per heavy atom. The number of amides is 1. The molecule has 1 aliphatic rings. The molecule has 1 fully saturated rings. The zero-order chi connectivity index (χ0) is 15.7. The van der Waals surface area contributed by atoms with Crippen molar-refractivity contribution in [3.63, 3.8) is 0 Å². The Balaban J connectivity index is 1.86. The minimum absolute atomic E-state index is 0.126. The number of morpholine rings is 1. The number of hydrogen-bond donors (Lipinski definition) is 0. The van der Waals surface area contributed by atoms with Gasteiger partial charge >= 0.3 is 0 Å².